The van der Waals surface area contributed by atoms with Crippen LogP contribution in [0.5, 0.6) is 0 Å². The number of nitrogens with one attached hydrogen (secondary N) is 1. The maximum absolute atomic E-state index is 13.5. The molecule has 0 spiro atoms. The lowest BCUT2D eigenvalue weighted by atomic mass is 10.0. The zero-order valence-electron chi connectivity index (χ0n) is 18.7. The Balaban J connectivity index is 2.12. The molecule has 1 atom stereocenters. The van der Waals surface area contributed by atoms with E-state index in [0.717, 1.165) is 0 Å². The number of hydrogen-bond acceptors (Lipinski definition) is 5. The van der Waals surface area contributed by atoms with Crippen molar-refractivity contribution in [3.8, 4) is 11.3 Å². The molecule has 32 heavy (non-hydrogen) atoms. The molecule has 1 N–H and O–H groups in total. The molecule has 0 aliphatic carbocycles. The lowest BCUT2D eigenvalue weighted by Crippen LogP contribution is -2.34. The van der Waals surface area contributed by atoms with E-state index in [0.29, 0.717) is 22.8 Å². The van der Waals surface area contributed by atoms with Crippen LogP contribution in [-0.4, -0.2) is 44.0 Å². The van der Waals surface area contributed by atoms with Gasteiger partial charge >= 0.3 is 0 Å². The van der Waals surface area contributed by atoms with Gasteiger partial charge in [0.05, 0.1) is 22.3 Å². The molecule has 0 aliphatic heterocycles. The summed E-state index contributed by atoms with van der Waals surface area (Å²) in [7, 11) is 0.753. The first kappa shape index (κ1) is 24.1. The van der Waals surface area contributed by atoms with Gasteiger partial charge in [-0.15, -0.1) is 0 Å². The fourth-order valence-corrected chi connectivity index (χ4v) is 5.17. The molecule has 1 aromatic heterocycles. The zero-order valence-corrected chi connectivity index (χ0v) is 19.6. The van der Waals surface area contributed by atoms with Gasteiger partial charge in [-0.05, 0) is 42.3 Å². The molecule has 0 bridgehead atoms. The van der Waals surface area contributed by atoms with Gasteiger partial charge in [0.15, 0.2) is 0 Å². The zero-order chi connectivity index (χ0) is 23.5. The number of H-pyrrole nitrogens is 1. The predicted molar refractivity (Wildman–Crippen MR) is 120 cm³/mol. The molecule has 0 radical (unpaired) electrons. The highest BCUT2D eigenvalue weighted by Crippen LogP contribution is 2.35. The quantitative estimate of drug-likeness (QED) is 0.474. The van der Waals surface area contributed by atoms with Gasteiger partial charge in [-0.25, -0.2) is 17.8 Å². The molecule has 0 aliphatic rings. The largest absolute Gasteiger partial charge is 0.350 e. The van der Waals surface area contributed by atoms with E-state index in [-0.39, 0.29) is 16.6 Å². The monoisotopic (exact) mass is 461 g/mol. The van der Waals surface area contributed by atoms with Gasteiger partial charge in [-0.3, -0.25) is 0 Å². The van der Waals surface area contributed by atoms with Crippen LogP contribution in [0.25, 0.3) is 11.3 Å². The Hall–Kier alpha value is -2.59. The van der Waals surface area contributed by atoms with Crippen LogP contribution >= 0.6 is 0 Å². The Kier molecular flexibility index (Phi) is 7.45. The highest BCUT2D eigenvalue weighted by atomic mass is 32.2. The highest BCUT2D eigenvalue weighted by molar-refractivity contribution is 7.89. The molecule has 0 saturated carbocycles. The normalized spacial score (nSPS) is 13.3. The molecular formula is C23H28FN3O4S. The maximum atomic E-state index is 13.5. The van der Waals surface area contributed by atoms with Crippen molar-refractivity contribution in [2.45, 2.75) is 31.1 Å². The number of aromatic amines is 1. The van der Waals surface area contributed by atoms with Gasteiger partial charge in [-0.1, -0.05) is 32.0 Å². The van der Waals surface area contributed by atoms with Crippen molar-refractivity contribution in [3.63, 3.8) is 0 Å². The van der Waals surface area contributed by atoms with Gasteiger partial charge in [0, 0.05) is 26.8 Å². The smallest absolute Gasteiger partial charge is 0.243 e. The third-order valence-electron chi connectivity index (χ3n) is 5.26. The number of sulfonamides is 1. The first-order valence-electron chi connectivity index (χ1n) is 10.1. The number of nitrogens with zero attached hydrogens (tertiary/aromatic N) is 2. The van der Waals surface area contributed by atoms with E-state index in [2.05, 4.69) is 4.98 Å². The molecule has 0 fully saturated rings. The summed E-state index contributed by atoms with van der Waals surface area (Å²) in [5.74, 6) is -0.0348. The SMILES string of the molecule is COC(OC)c1[nH]c(C(C(C)C)N(C)S(=O)(=O)c2ccccc2)nc1-c1ccc(F)cc1. The molecule has 1 heterocycles. The Morgan fingerprint density at radius 1 is 1.00 bits per heavy atom. The summed E-state index contributed by atoms with van der Waals surface area (Å²) in [6, 6.07) is 13.6. The molecule has 2 aromatic carbocycles. The number of benzene rings is 2. The Morgan fingerprint density at radius 2 is 1.59 bits per heavy atom. The summed E-state index contributed by atoms with van der Waals surface area (Å²) in [6.45, 7) is 3.84. The van der Waals surface area contributed by atoms with E-state index >= 15 is 0 Å². The summed E-state index contributed by atoms with van der Waals surface area (Å²) in [6.07, 6.45) is -0.764. The second-order valence-corrected chi connectivity index (χ2v) is 9.72. The van der Waals surface area contributed by atoms with Crippen LogP contribution in [0.3, 0.4) is 0 Å². The number of halogens is 1. The topological polar surface area (TPSA) is 84.5 Å². The van der Waals surface area contributed by atoms with Crippen molar-refractivity contribution in [2.24, 2.45) is 5.92 Å². The van der Waals surface area contributed by atoms with Gasteiger partial charge < -0.3 is 14.5 Å². The van der Waals surface area contributed by atoms with Crippen molar-refractivity contribution < 1.29 is 22.3 Å². The fraction of sp³-hybridized carbons (Fsp3) is 0.348. The third-order valence-corrected chi connectivity index (χ3v) is 7.11. The van der Waals surface area contributed by atoms with E-state index in [1.54, 1.807) is 42.5 Å². The minimum Gasteiger partial charge on any atom is -0.350 e. The molecular weight excluding hydrogens is 433 g/mol. The van der Waals surface area contributed by atoms with Crippen molar-refractivity contribution in [2.75, 3.05) is 21.3 Å². The first-order chi connectivity index (χ1) is 15.2. The van der Waals surface area contributed by atoms with Crippen LogP contribution in [0.15, 0.2) is 59.5 Å². The number of hydrogen-bond donors (Lipinski definition) is 1. The van der Waals surface area contributed by atoms with E-state index < -0.39 is 22.4 Å². The van der Waals surface area contributed by atoms with Gasteiger partial charge in [0.1, 0.15) is 11.6 Å². The summed E-state index contributed by atoms with van der Waals surface area (Å²) < 4.78 is 52.2. The van der Waals surface area contributed by atoms with Gasteiger partial charge in [-0.2, -0.15) is 4.31 Å². The number of imidazole rings is 1. The first-order valence-corrected chi connectivity index (χ1v) is 11.6. The number of ether oxygens (including phenoxy) is 2. The minimum absolute atomic E-state index is 0.109. The molecule has 1 unspecified atom stereocenters. The van der Waals surface area contributed by atoms with E-state index in [9.17, 15) is 12.8 Å². The lowest BCUT2D eigenvalue weighted by Gasteiger charge is -2.29. The molecule has 9 heteroatoms. The minimum atomic E-state index is -3.78. The Labute approximate surface area is 188 Å². The second kappa shape index (κ2) is 9.91. The third kappa shape index (κ3) is 4.75. The van der Waals surface area contributed by atoms with Crippen LogP contribution in [0.4, 0.5) is 4.39 Å². The van der Waals surface area contributed by atoms with Crippen LogP contribution in [0, 0.1) is 11.7 Å². The van der Waals surface area contributed by atoms with Crippen molar-refractivity contribution >= 4 is 10.0 Å². The molecule has 3 rings (SSSR count). The van der Waals surface area contributed by atoms with Crippen LogP contribution in [0.2, 0.25) is 0 Å². The van der Waals surface area contributed by atoms with Crippen molar-refractivity contribution in [1.29, 1.82) is 0 Å². The lowest BCUT2D eigenvalue weighted by molar-refractivity contribution is -0.108. The predicted octanol–water partition coefficient (Wildman–Crippen LogP) is 4.53. The van der Waals surface area contributed by atoms with E-state index in [1.807, 2.05) is 13.8 Å². The second-order valence-electron chi connectivity index (χ2n) is 7.72. The van der Waals surface area contributed by atoms with Crippen LogP contribution in [-0.2, 0) is 19.5 Å². The average Bonchev–Trinajstić information content (AvgIpc) is 3.20. The van der Waals surface area contributed by atoms with Crippen LogP contribution in [0.1, 0.15) is 37.7 Å². The molecule has 0 amide bonds. The fourth-order valence-electron chi connectivity index (χ4n) is 3.69. The molecule has 0 saturated heterocycles. The van der Waals surface area contributed by atoms with E-state index in [1.165, 1.54) is 37.7 Å². The Bertz CT molecular complexity index is 1130. The van der Waals surface area contributed by atoms with Crippen LogP contribution < -0.4 is 0 Å². The summed E-state index contributed by atoms with van der Waals surface area (Å²) in [5, 5.41) is 0. The van der Waals surface area contributed by atoms with Gasteiger partial charge in [0.25, 0.3) is 0 Å². The van der Waals surface area contributed by atoms with Crippen molar-refractivity contribution in [1.82, 2.24) is 14.3 Å². The summed E-state index contributed by atoms with van der Waals surface area (Å²) in [4.78, 5) is 8.15. The molecule has 7 nitrogen and oxygen atoms in total. The average molecular weight is 462 g/mol. The summed E-state index contributed by atoms with van der Waals surface area (Å²) in [5.41, 5.74) is 1.68. The standard InChI is InChI=1S/C23H28FN3O4S/c1-15(2)21(27(3)32(28,29)18-9-7-6-8-10-18)22-25-19(16-11-13-17(24)14-12-16)20(26-22)23(30-4)31-5/h6-15,21,23H,1-5H3,(H,25,26). The maximum Gasteiger partial charge on any atom is 0.243 e. The summed E-state index contributed by atoms with van der Waals surface area (Å²) >= 11 is 0. The Morgan fingerprint density at radius 3 is 2.12 bits per heavy atom. The number of aromatic nitrogens is 2. The number of rotatable bonds is 9. The van der Waals surface area contributed by atoms with Gasteiger partial charge in [0.2, 0.25) is 16.3 Å². The van der Waals surface area contributed by atoms with E-state index in [4.69, 9.17) is 14.5 Å². The highest BCUT2D eigenvalue weighted by Gasteiger charge is 2.34. The molecule has 172 valence electrons. The molecule has 3 aromatic rings. The van der Waals surface area contributed by atoms with Crippen molar-refractivity contribution in [3.05, 3.63) is 71.9 Å². The number of methoxy groups -OCH3 is 2.